The fraction of sp³-hybridized carbons (Fsp3) is 0.125. The van der Waals surface area contributed by atoms with E-state index in [-0.39, 0.29) is 0 Å². The smallest absolute Gasteiger partial charge is 0.333 e. The van der Waals surface area contributed by atoms with Crippen molar-refractivity contribution in [2.75, 3.05) is 0 Å². The van der Waals surface area contributed by atoms with Crippen molar-refractivity contribution in [1.29, 1.82) is 0 Å². The van der Waals surface area contributed by atoms with Gasteiger partial charge in [-0.1, -0.05) is 11.6 Å². The number of esters is 1. The molecule has 66 valence electrons. The summed E-state index contributed by atoms with van der Waals surface area (Å²) in [5.41, 5.74) is 0.373. The standard InChI is InChI=1S/C8H5ClN2O2/c9-8-5(4-7(12)13-8)6-2-1-3-10-11-6/h1-4,8H. The molecule has 0 N–H and O–H groups in total. The van der Waals surface area contributed by atoms with Crippen molar-refractivity contribution in [3.05, 3.63) is 30.1 Å². The van der Waals surface area contributed by atoms with Crippen molar-refractivity contribution in [1.82, 2.24) is 10.2 Å². The largest absolute Gasteiger partial charge is 0.438 e. The molecule has 0 aliphatic carbocycles. The van der Waals surface area contributed by atoms with E-state index in [1.54, 1.807) is 18.3 Å². The zero-order chi connectivity index (χ0) is 9.26. The zero-order valence-electron chi connectivity index (χ0n) is 6.48. The first kappa shape index (κ1) is 8.19. The Labute approximate surface area is 79.2 Å². The number of ether oxygens (including phenoxy) is 1. The number of carbonyl (C=O) groups is 1. The van der Waals surface area contributed by atoms with Gasteiger partial charge in [0, 0.05) is 17.8 Å². The first-order valence-corrected chi connectivity index (χ1v) is 4.05. The maximum absolute atomic E-state index is 10.8. The third-order valence-electron chi connectivity index (χ3n) is 1.61. The molecule has 0 amide bonds. The number of alkyl halides is 1. The van der Waals surface area contributed by atoms with Crippen LogP contribution >= 0.6 is 11.6 Å². The molecule has 0 saturated carbocycles. The minimum absolute atomic E-state index is 0.444. The molecule has 0 bridgehead atoms. The Bertz CT molecular complexity index is 364. The number of cyclic esters (lactones) is 1. The van der Waals surface area contributed by atoms with Crippen LogP contribution in [0.2, 0.25) is 0 Å². The van der Waals surface area contributed by atoms with Crippen molar-refractivity contribution < 1.29 is 9.53 Å². The fourth-order valence-corrected chi connectivity index (χ4v) is 1.30. The second-order valence-corrected chi connectivity index (χ2v) is 2.86. The molecule has 0 radical (unpaired) electrons. The number of carbonyl (C=O) groups excluding carboxylic acids is 1. The lowest BCUT2D eigenvalue weighted by Crippen LogP contribution is -2.03. The predicted octanol–water partition coefficient (Wildman–Crippen LogP) is 0.982. The van der Waals surface area contributed by atoms with Crippen LogP contribution < -0.4 is 0 Å². The van der Waals surface area contributed by atoms with Gasteiger partial charge in [-0.3, -0.25) is 0 Å². The monoisotopic (exact) mass is 196 g/mol. The van der Waals surface area contributed by atoms with Crippen molar-refractivity contribution >= 4 is 23.1 Å². The highest BCUT2D eigenvalue weighted by Crippen LogP contribution is 2.26. The molecule has 1 aliphatic rings. The van der Waals surface area contributed by atoms with E-state index < -0.39 is 11.5 Å². The van der Waals surface area contributed by atoms with Crippen LogP contribution in [0.15, 0.2) is 24.4 Å². The van der Waals surface area contributed by atoms with Gasteiger partial charge in [0.2, 0.25) is 5.56 Å². The summed E-state index contributed by atoms with van der Waals surface area (Å²) < 4.78 is 4.69. The maximum atomic E-state index is 10.8. The lowest BCUT2D eigenvalue weighted by molar-refractivity contribution is -0.136. The molecular weight excluding hydrogens is 192 g/mol. The van der Waals surface area contributed by atoms with Gasteiger partial charge >= 0.3 is 5.97 Å². The Morgan fingerprint density at radius 1 is 1.54 bits per heavy atom. The van der Waals surface area contributed by atoms with Crippen molar-refractivity contribution in [2.24, 2.45) is 0 Å². The molecule has 1 atom stereocenters. The van der Waals surface area contributed by atoms with Gasteiger partial charge in [-0.25, -0.2) is 4.79 Å². The average molecular weight is 197 g/mol. The molecule has 0 aromatic carbocycles. The minimum atomic E-state index is -0.746. The number of rotatable bonds is 1. The van der Waals surface area contributed by atoms with Gasteiger partial charge in [-0.2, -0.15) is 10.2 Å². The van der Waals surface area contributed by atoms with Gasteiger partial charge in [-0.05, 0) is 12.1 Å². The third-order valence-corrected chi connectivity index (χ3v) is 1.93. The maximum Gasteiger partial charge on any atom is 0.333 e. The summed E-state index contributed by atoms with van der Waals surface area (Å²) >= 11 is 5.73. The second-order valence-electron chi connectivity index (χ2n) is 2.46. The number of halogens is 1. The summed E-state index contributed by atoms with van der Waals surface area (Å²) in [4.78, 5) is 10.8. The van der Waals surface area contributed by atoms with E-state index in [0.717, 1.165) is 0 Å². The summed E-state index contributed by atoms with van der Waals surface area (Å²) in [6.45, 7) is 0. The molecule has 1 aliphatic heterocycles. The normalized spacial score (nSPS) is 21.2. The van der Waals surface area contributed by atoms with E-state index in [0.29, 0.717) is 11.3 Å². The summed E-state index contributed by atoms with van der Waals surface area (Å²) in [7, 11) is 0. The summed E-state index contributed by atoms with van der Waals surface area (Å²) in [5, 5.41) is 7.48. The quantitative estimate of drug-likeness (QED) is 0.496. The van der Waals surface area contributed by atoms with Crippen molar-refractivity contribution in [3.8, 4) is 0 Å². The second kappa shape index (κ2) is 3.14. The summed E-state index contributed by atoms with van der Waals surface area (Å²) in [5.74, 6) is -0.444. The van der Waals surface area contributed by atoms with Crippen molar-refractivity contribution in [3.63, 3.8) is 0 Å². The van der Waals surface area contributed by atoms with E-state index in [1.165, 1.54) is 6.08 Å². The van der Waals surface area contributed by atoms with E-state index >= 15 is 0 Å². The average Bonchev–Trinajstić information content (AvgIpc) is 2.47. The van der Waals surface area contributed by atoms with Gasteiger partial charge in [0.15, 0.2) is 0 Å². The molecule has 1 unspecified atom stereocenters. The molecule has 0 fully saturated rings. The Morgan fingerprint density at radius 3 is 2.92 bits per heavy atom. The lowest BCUT2D eigenvalue weighted by Gasteiger charge is -2.03. The van der Waals surface area contributed by atoms with E-state index in [2.05, 4.69) is 10.2 Å². The van der Waals surface area contributed by atoms with Gasteiger partial charge in [-0.15, -0.1) is 0 Å². The Kier molecular flexibility index (Phi) is 1.98. The molecular formula is C8H5ClN2O2. The molecule has 4 nitrogen and oxygen atoms in total. The highest BCUT2D eigenvalue weighted by atomic mass is 35.5. The molecule has 13 heavy (non-hydrogen) atoms. The number of hydrogen-bond acceptors (Lipinski definition) is 4. The Balaban J connectivity index is 2.37. The van der Waals surface area contributed by atoms with Crippen LogP contribution in [0.25, 0.3) is 5.57 Å². The number of hydrogen-bond donors (Lipinski definition) is 0. The van der Waals surface area contributed by atoms with E-state index in [9.17, 15) is 4.79 Å². The first-order chi connectivity index (χ1) is 6.27. The van der Waals surface area contributed by atoms with Crippen LogP contribution in [0.1, 0.15) is 5.69 Å². The Hall–Kier alpha value is -1.42. The molecule has 5 heteroatoms. The minimum Gasteiger partial charge on any atom is -0.438 e. The third kappa shape index (κ3) is 1.53. The van der Waals surface area contributed by atoms with Crippen LogP contribution in [-0.4, -0.2) is 21.7 Å². The summed E-state index contributed by atoms with van der Waals surface area (Å²) in [6, 6.07) is 3.44. The molecule has 1 aromatic rings. The number of nitrogens with zero attached hydrogens (tertiary/aromatic N) is 2. The van der Waals surface area contributed by atoms with E-state index in [4.69, 9.17) is 16.3 Å². The predicted molar refractivity (Wildman–Crippen MR) is 45.7 cm³/mol. The van der Waals surface area contributed by atoms with Crippen LogP contribution in [0.4, 0.5) is 0 Å². The topological polar surface area (TPSA) is 52.1 Å². The molecule has 0 spiro atoms. The van der Waals surface area contributed by atoms with Gasteiger partial charge < -0.3 is 4.74 Å². The highest BCUT2D eigenvalue weighted by Gasteiger charge is 2.25. The van der Waals surface area contributed by atoms with Crippen LogP contribution in [0.5, 0.6) is 0 Å². The lowest BCUT2D eigenvalue weighted by atomic mass is 10.2. The highest BCUT2D eigenvalue weighted by molar-refractivity contribution is 6.28. The van der Waals surface area contributed by atoms with Crippen LogP contribution in [0, 0.1) is 0 Å². The first-order valence-electron chi connectivity index (χ1n) is 3.62. The molecule has 0 saturated heterocycles. The summed E-state index contributed by atoms with van der Waals surface area (Å²) in [6.07, 6.45) is 2.87. The van der Waals surface area contributed by atoms with Crippen LogP contribution in [-0.2, 0) is 9.53 Å². The zero-order valence-corrected chi connectivity index (χ0v) is 7.23. The molecule has 2 heterocycles. The molecule has 1 aromatic heterocycles. The van der Waals surface area contributed by atoms with Gasteiger partial charge in [0.05, 0.1) is 5.69 Å². The van der Waals surface area contributed by atoms with Gasteiger partial charge in [0.25, 0.3) is 0 Å². The van der Waals surface area contributed by atoms with E-state index in [1.807, 2.05) is 0 Å². The SMILES string of the molecule is O=C1C=C(c2cccnn2)C(Cl)O1. The Morgan fingerprint density at radius 2 is 2.38 bits per heavy atom. The fourth-order valence-electron chi connectivity index (χ4n) is 1.04. The van der Waals surface area contributed by atoms with Gasteiger partial charge in [0.1, 0.15) is 0 Å². The number of aromatic nitrogens is 2. The van der Waals surface area contributed by atoms with Crippen LogP contribution in [0.3, 0.4) is 0 Å². The van der Waals surface area contributed by atoms with Crippen molar-refractivity contribution in [2.45, 2.75) is 5.56 Å². The molecule has 2 rings (SSSR count).